The van der Waals surface area contributed by atoms with Gasteiger partial charge in [-0.25, -0.2) is 0 Å². The molecular weight excluding hydrogens is 551 g/mol. The first-order chi connectivity index (χ1) is 13.6. The predicted molar refractivity (Wildman–Crippen MR) is 122 cm³/mol. The molecule has 2 aromatic carbocycles. The summed E-state index contributed by atoms with van der Waals surface area (Å²) in [5, 5.41) is 18.3. The van der Waals surface area contributed by atoms with Gasteiger partial charge in [-0.2, -0.15) is 0 Å². The zero-order valence-electron chi connectivity index (χ0n) is 18.9. The van der Waals surface area contributed by atoms with E-state index in [9.17, 15) is 0 Å². The molecule has 0 fully saturated rings. The summed E-state index contributed by atoms with van der Waals surface area (Å²) < 4.78 is 0. The number of hydrogen-bond acceptors (Lipinski definition) is 3. The van der Waals surface area contributed by atoms with E-state index >= 15 is 0 Å². The Hall–Kier alpha value is -1.58. The van der Waals surface area contributed by atoms with E-state index < -0.39 is 0 Å². The van der Waals surface area contributed by atoms with E-state index in [0.29, 0.717) is 12.3 Å². The fourth-order valence-corrected chi connectivity index (χ4v) is 3.44. The van der Waals surface area contributed by atoms with Crippen molar-refractivity contribution in [3.05, 3.63) is 65.2 Å². The number of aryl methyl sites for hydroxylation is 2. The van der Waals surface area contributed by atoms with Crippen LogP contribution in [-0.4, -0.2) is 27.4 Å². The second kappa shape index (κ2) is 12.3. The molecule has 3 nitrogen and oxygen atoms in total. The van der Waals surface area contributed by atoms with E-state index in [1.165, 1.54) is 16.5 Å². The summed E-state index contributed by atoms with van der Waals surface area (Å²) in [4.78, 5) is 4.86. The summed E-state index contributed by atoms with van der Waals surface area (Å²) in [6.45, 7) is 12.0. The average molecular weight is 585 g/mol. The number of aliphatic hydroxyl groups is 2. The van der Waals surface area contributed by atoms with E-state index in [-0.39, 0.29) is 32.3 Å². The Balaban J connectivity index is 0.000000489. The molecule has 3 aromatic rings. The maximum absolute atomic E-state index is 8.56. The number of fused-ring (bicyclic) bond motifs is 1. The van der Waals surface area contributed by atoms with Gasteiger partial charge in [-0.1, -0.05) is 52.0 Å². The fraction of sp³-hybridized carbons (Fsp3) is 0.423. The van der Waals surface area contributed by atoms with Gasteiger partial charge in [-0.15, -0.1) is 34.9 Å². The van der Waals surface area contributed by atoms with Crippen molar-refractivity contribution >= 4 is 10.9 Å². The number of rotatable bonds is 5. The third-order valence-electron chi connectivity index (χ3n) is 4.51. The van der Waals surface area contributed by atoms with Crippen LogP contribution in [0.4, 0.5) is 0 Å². The van der Waals surface area contributed by atoms with E-state index in [2.05, 4.69) is 76.2 Å². The molecule has 1 aromatic heterocycles. The van der Waals surface area contributed by atoms with E-state index in [4.69, 9.17) is 15.2 Å². The van der Waals surface area contributed by atoms with E-state index in [1.807, 2.05) is 0 Å². The van der Waals surface area contributed by atoms with Gasteiger partial charge in [0.15, 0.2) is 0 Å². The van der Waals surface area contributed by atoms with Gasteiger partial charge in [-0.05, 0) is 55.3 Å². The summed E-state index contributed by atoms with van der Waals surface area (Å²) in [5.41, 5.74) is 6.92. The Morgan fingerprint density at radius 3 is 2.07 bits per heavy atom. The number of aliphatic hydroxyl groups excluding tert-OH is 2. The van der Waals surface area contributed by atoms with Crippen LogP contribution in [0.15, 0.2) is 42.5 Å². The van der Waals surface area contributed by atoms with Crippen molar-refractivity contribution in [2.45, 2.75) is 66.6 Å². The van der Waals surface area contributed by atoms with Crippen LogP contribution >= 0.6 is 0 Å². The molecule has 2 atom stereocenters. The Labute approximate surface area is 194 Å². The molecular formula is C26H34IrNO2-. The minimum atomic E-state index is -0.375. The van der Waals surface area contributed by atoms with Gasteiger partial charge in [0.1, 0.15) is 0 Å². The summed E-state index contributed by atoms with van der Waals surface area (Å²) in [6.07, 6.45) is 0.817. The van der Waals surface area contributed by atoms with E-state index in [1.54, 1.807) is 13.8 Å². The number of benzene rings is 2. The maximum Gasteiger partial charge on any atom is 0.0598 e. The van der Waals surface area contributed by atoms with Gasteiger partial charge in [0.05, 0.1) is 17.7 Å². The van der Waals surface area contributed by atoms with Gasteiger partial charge in [0, 0.05) is 20.1 Å². The smallest absolute Gasteiger partial charge is 0.0598 e. The number of hydrogen-bond donors (Lipinski definition) is 2. The molecule has 4 heteroatoms. The van der Waals surface area contributed by atoms with Gasteiger partial charge in [0.25, 0.3) is 0 Å². The summed E-state index contributed by atoms with van der Waals surface area (Å²) in [7, 11) is 0. The largest absolute Gasteiger partial charge is 0.393 e. The summed E-state index contributed by atoms with van der Waals surface area (Å²) in [5.74, 6) is 0.661. The Morgan fingerprint density at radius 2 is 1.53 bits per heavy atom. The molecule has 1 heterocycles. The number of nitrogens with zero attached hydrogens (tertiary/aromatic N) is 1. The summed E-state index contributed by atoms with van der Waals surface area (Å²) >= 11 is 0. The molecule has 1 radical (unpaired) electrons. The second-order valence-electron chi connectivity index (χ2n) is 8.51. The van der Waals surface area contributed by atoms with Gasteiger partial charge < -0.3 is 10.2 Å². The molecule has 0 amide bonds. The van der Waals surface area contributed by atoms with Gasteiger partial charge in [-0.3, -0.25) is 4.98 Å². The quantitative estimate of drug-likeness (QED) is 0.381. The summed E-state index contributed by atoms with van der Waals surface area (Å²) in [6, 6.07) is 18.6. The van der Waals surface area contributed by atoms with Crippen molar-refractivity contribution in [2.75, 3.05) is 0 Å². The normalized spacial score (nSPS) is 12.7. The van der Waals surface area contributed by atoms with Crippen LogP contribution in [0.5, 0.6) is 0 Å². The Bertz CT molecular complexity index is 909. The van der Waals surface area contributed by atoms with Crippen molar-refractivity contribution in [2.24, 2.45) is 5.92 Å². The van der Waals surface area contributed by atoms with Crippen LogP contribution in [-0.2, 0) is 26.5 Å². The molecule has 30 heavy (non-hydrogen) atoms. The molecule has 2 unspecified atom stereocenters. The maximum atomic E-state index is 8.56. The van der Waals surface area contributed by atoms with Crippen molar-refractivity contribution in [3.8, 4) is 11.3 Å². The topological polar surface area (TPSA) is 53.4 Å². The monoisotopic (exact) mass is 585 g/mol. The molecule has 0 aliphatic heterocycles. The Morgan fingerprint density at radius 1 is 0.900 bits per heavy atom. The Kier molecular flexibility index (Phi) is 10.9. The third-order valence-corrected chi connectivity index (χ3v) is 4.51. The average Bonchev–Trinajstić information content (AvgIpc) is 2.59. The van der Waals surface area contributed by atoms with Crippen LogP contribution in [0.3, 0.4) is 0 Å². The predicted octanol–water partition coefficient (Wildman–Crippen LogP) is 5.65. The van der Waals surface area contributed by atoms with Crippen LogP contribution in [0, 0.1) is 25.8 Å². The minimum Gasteiger partial charge on any atom is -0.393 e. The molecule has 2 N–H and O–H groups in total. The first-order valence-corrected chi connectivity index (χ1v) is 10.4. The molecule has 0 spiro atoms. The van der Waals surface area contributed by atoms with Gasteiger partial charge in [0.2, 0.25) is 0 Å². The standard InChI is InChI=1S/C21H22N.C5H12O2.Ir/c1-14(2)9-17-5-6-18-7-8-20(22-21(18)13-17)19-11-15(3)10-16(4)12-19;1-4(6)3-5(2)7;/h5-8,10-11,13-14H,9H2,1-4H3;4-7H,3H2,1-2H3;/q-1;;. The zero-order valence-corrected chi connectivity index (χ0v) is 21.3. The van der Waals surface area contributed by atoms with Crippen LogP contribution < -0.4 is 0 Å². The SMILES string of the molecule is CC(O)CC(C)O.Cc1[c-]c(-c2ccc3ccc(CC(C)C)cc3n2)cc(C)c1.[Ir]. The first kappa shape index (κ1) is 26.5. The van der Waals surface area contributed by atoms with Crippen molar-refractivity contribution in [1.82, 2.24) is 4.98 Å². The molecule has 3 rings (SSSR count). The van der Waals surface area contributed by atoms with Crippen molar-refractivity contribution in [3.63, 3.8) is 0 Å². The molecule has 165 valence electrons. The van der Waals surface area contributed by atoms with Crippen LogP contribution in [0.2, 0.25) is 0 Å². The molecule has 0 bridgehead atoms. The fourth-order valence-electron chi connectivity index (χ4n) is 3.44. The van der Waals surface area contributed by atoms with Gasteiger partial charge >= 0.3 is 0 Å². The second-order valence-corrected chi connectivity index (χ2v) is 8.51. The zero-order chi connectivity index (χ0) is 21.6. The number of aromatic nitrogens is 1. The third kappa shape index (κ3) is 8.65. The number of pyridine rings is 1. The van der Waals surface area contributed by atoms with E-state index in [0.717, 1.165) is 28.8 Å². The molecule has 0 aliphatic rings. The van der Waals surface area contributed by atoms with Crippen LogP contribution in [0.1, 0.15) is 50.8 Å². The first-order valence-electron chi connectivity index (χ1n) is 10.4. The molecule has 0 saturated heterocycles. The van der Waals surface area contributed by atoms with Crippen molar-refractivity contribution < 1.29 is 30.3 Å². The van der Waals surface area contributed by atoms with Crippen LogP contribution in [0.25, 0.3) is 22.2 Å². The molecule has 0 saturated carbocycles. The molecule has 0 aliphatic carbocycles. The minimum absolute atomic E-state index is 0. The van der Waals surface area contributed by atoms with Crippen molar-refractivity contribution in [1.29, 1.82) is 0 Å².